The highest BCUT2D eigenvalue weighted by molar-refractivity contribution is 5.93. The lowest BCUT2D eigenvalue weighted by Gasteiger charge is -2.38. The van der Waals surface area contributed by atoms with Crippen molar-refractivity contribution in [2.45, 2.75) is 25.9 Å². The highest BCUT2D eigenvalue weighted by Gasteiger charge is 2.24. The molecule has 0 radical (unpaired) electrons. The summed E-state index contributed by atoms with van der Waals surface area (Å²) in [5, 5.41) is 16.4. The number of pyridine rings is 2. The second-order valence-corrected chi connectivity index (χ2v) is 7.78. The topological polar surface area (TPSA) is 87.6 Å². The third kappa shape index (κ3) is 3.25. The van der Waals surface area contributed by atoms with Gasteiger partial charge in [-0.25, -0.2) is 4.98 Å². The van der Waals surface area contributed by atoms with Crippen molar-refractivity contribution in [1.82, 2.24) is 35.3 Å². The minimum atomic E-state index is 0.395. The van der Waals surface area contributed by atoms with Crippen molar-refractivity contribution in [3.8, 4) is 22.6 Å². The fourth-order valence-corrected chi connectivity index (χ4v) is 3.88. The van der Waals surface area contributed by atoms with Crippen LogP contribution < -0.4 is 10.2 Å². The van der Waals surface area contributed by atoms with E-state index >= 15 is 0 Å². The van der Waals surface area contributed by atoms with Crippen LogP contribution in [0.1, 0.15) is 13.8 Å². The molecule has 148 valence electrons. The number of rotatable bonds is 3. The smallest absolute Gasteiger partial charge is 0.129 e. The first-order valence-corrected chi connectivity index (χ1v) is 9.89. The molecular formula is C21H24N8. The van der Waals surface area contributed by atoms with Crippen LogP contribution in [0.15, 0.2) is 42.9 Å². The largest absolute Gasteiger partial charge is 0.351 e. The Morgan fingerprint density at radius 1 is 1.14 bits per heavy atom. The Hall–Kier alpha value is -3.26. The molecule has 5 heterocycles. The quantitative estimate of drug-likeness (QED) is 0.561. The molecule has 0 bridgehead atoms. The van der Waals surface area contributed by atoms with Crippen LogP contribution in [0.25, 0.3) is 33.5 Å². The summed E-state index contributed by atoms with van der Waals surface area (Å²) in [5.74, 6) is 0.987. The lowest BCUT2D eigenvalue weighted by Crippen LogP contribution is -2.54. The van der Waals surface area contributed by atoms with Gasteiger partial charge in [0.1, 0.15) is 11.5 Å². The molecule has 0 amide bonds. The molecule has 1 saturated heterocycles. The molecular weight excluding hydrogens is 364 g/mol. The third-order valence-electron chi connectivity index (χ3n) is 5.48. The Balaban J connectivity index is 1.55. The lowest BCUT2D eigenvalue weighted by atomic mass is 10.1. The number of aromatic amines is 1. The van der Waals surface area contributed by atoms with Gasteiger partial charge in [0.15, 0.2) is 0 Å². The van der Waals surface area contributed by atoms with Crippen molar-refractivity contribution in [2.75, 3.05) is 18.0 Å². The van der Waals surface area contributed by atoms with E-state index in [1.54, 1.807) is 4.68 Å². The van der Waals surface area contributed by atoms with Crippen LogP contribution in [0.3, 0.4) is 0 Å². The second-order valence-electron chi connectivity index (χ2n) is 7.78. The van der Waals surface area contributed by atoms with E-state index in [9.17, 15) is 0 Å². The van der Waals surface area contributed by atoms with Gasteiger partial charge < -0.3 is 10.2 Å². The highest BCUT2D eigenvalue weighted by Crippen LogP contribution is 2.29. The normalized spacial score (nSPS) is 19.8. The van der Waals surface area contributed by atoms with Gasteiger partial charge in [-0.3, -0.25) is 14.8 Å². The Morgan fingerprint density at radius 2 is 2.03 bits per heavy atom. The van der Waals surface area contributed by atoms with E-state index in [0.717, 1.165) is 52.5 Å². The number of anilines is 1. The van der Waals surface area contributed by atoms with Crippen LogP contribution in [0.4, 0.5) is 5.82 Å². The summed E-state index contributed by atoms with van der Waals surface area (Å²) in [4.78, 5) is 11.9. The van der Waals surface area contributed by atoms with Gasteiger partial charge in [-0.05, 0) is 32.0 Å². The Kier molecular flexibility index (Phi) is 4.28. The van der Waals surface area contributed by atoms with Gasteiger partial charge in [-0.1, -0.05) is 6.07 Å². The fourth-order valence-electron chi connectivity index (χ4n) is 3.88. The number of hydrogen-bond donors (Lipinski definition) is 2. The van der Waals surface area contributed by atoms with Gasteiger partial charge >= 0.3 is 0 Å². The molecule has 0 aliphatic carbocycles. The fraction of sp³-hybridized carbons (Fsp3) is 0.333. The summed E-state index contributed by atoms with van der Waals surface area (Å²) in [6, 6.07) is 9.03. The first-order chi connectivity index (χ1) is 14.1. The van der Waals surface area contributed by atoms with Crippen LogP contribution in [0.2, 0.25) is 0 Å². The summed E-state index contributed by atoms with van der Waals surface area (Å²) in [6.07, 6.45) is 5.59. The summed E-state index contributed by atoms with van der Waals surface area (Å²) in [7, 11) is 1.90. The van der Waals surface area contributed by atoms with Crippen LogP contribution in [-0.4, -0.2) is 55.1 Å². The monoisotopic (exact) mass is 388 g/mol. The summed E-state index contributed by atoms with van der Waals surface area (Å²) < 4.78 is 1.78. The molecule has 2 N–H and O–H groups in total. The zero-order chi connectivity index (χ0) is 20.0. The van der Waals surface area contributed by atoms with Crippen molar-refractivity contribution in [3.63, 3.8) is 0 Å². The minimum Gasteiger partial charge on any atom is -0.351 e. The van der Waals surface area contributed by atoms with Gasteiger partial charge in [0.05, 0.1) is 29.3 Å². The molecule has 4 aromatic heterocycles. The van der Waals surface area contributed by atoms with E-state index in [1.807, 2.05) is 31.7 Å². The van der Waals surface area contributed by atoms with E-state index in [-0.39, 0.29) is 0 Å². The number of H-pyrrole nitrogens is 1. The maximum absolute atomic E-state index is 4.96. The molecule has 8 heteroatoms. The van der Waals surface area contributed by atoms with Crippen LogP contribution in [0.5, 0.6) is 0 Å². The van der Waals surface area contributed by atoms with E-state index < -0.39 is 0 Å². The van der Waals surface area contributed by atoms with Gasteiger partial charge in [0.2, 0.25) is 0 Å². The van der Waals surface area contributed by atoms with E-state index in [1.165, 1.54) is 0 Å². The van der Waals surface area contributed by atoms with Crippen molar-refractivity contribution >= 4 is 16.7 Å². The number of nitrogens with one attached hydrogen (secondary N) is 2. The summed E-state index contributed by atoms with van der Waals surface area (Å²) in [6.45, 7) is 6.33. The van der Waals surface area contributed by atoms with Crippen molar-refractivity contribution in [3.05, 3.63) is 42.9 Å². The SMILES string of the molecule is C[C@H]1CN(c2cccc(-c3n[nH]c4cnc(-c5cnn(C)c5)cc34)n2)[C@@H](C)CN1. The van der Waals surface area contributed by atoms with E-state index in [2.05, 4.69) is 62.5 Å². The first kappa shape index (κ1) is 17.8. The van der Waals surface area contributed by atoms with Crippen LogP contribution in [0, 0.1) is 0 Å². The number of fused-ring (bicyclic) bond motifs is 1. The molecule has 0 unspecified atom stereocenters. The summed E-state index contributed by atoms with van der Waals surface area (Å²) in [5.41, 5.74) is 4.44. The standard InChI is InChI=1S/C21H24N8/c1-13-11-29(14(2)8-22-13)20-6-4-5-17(25-20)21-16-7-18(15-9-24-28(3)12-15)23-10-19(16)26-27-21/h4-7,9-10,12-14,22H,8,11H2,1-3H3,(H,26,27)/t13-,14-/m0/s1. The van der Waals surface area contributed by atoms with Crippen LogP contribution >= 0.6 is 0 Å². The molecule has 1 aliphatic heterocycles. The lowest BCUT2D eigenvalue weighted by molar-refractivity contribution is 0.423. The molecule has 4 aromatic rings. The van der Waals surface area contributed by atoms with Gasteiger partial charge in [-0.2, -0.15) is 10.2 Å². The Labute approximate surface area is 169 Å². The predicted molar refractivity (Wildman–Crippen MR) is 114 cm³/mol. The summed E-state index contributed by atoms with van der Waals surface area (Å²) >= 11 is 0. The van der Waals surface area contributed by atoms with Crippen molar-refractivity contribution in [2.24, 2.45) is 7.05 Å². The van der Waals surface area contributed by atoms with Crippen LogP contribution in [-0.2, 0) is 7.05 Å². The number of piperazine rings is 1. The zero-order valence-corrected chi connectivity index (χ0v) is 16.8. The van der Waals surface area contributed by atoms with Gasteiger partial charge in [0, 0.05) is 49.4 Å². The molecule has 8 nitrogen and oxygen atoms in total. The molecule has 0 aromatic carbocycles. The maximum Gasteiger partial charge on any atom is 0.129 e. The van der Waals surface area contributed by atoms with Crippen molar-refractivity contribution in [1.29, 1.82) is 0 Å². The minimum absolute atomic E-state index is 0.395. The number of aromatic nitrogens is 6. The van der Waals surface area contributed by atoms with E-state index in [0.29, 0.717) is 12.1 Å². The third-order valence-corrected chi connectivity index (χ3v) is 5.48. The second kappa shape index (κ2) is 6.97. The van der Waals surface area contributed by atoms with Gasteiger partial charge in [-0.15, -0.1) is 0 Å². The molecule has 29 heavy (non-hydrogen) atoms. The Morgan fingerprint density at radius 3 is 2.86 bits per heavy atom. The average molecular weight is 388 g/mol. The highest BCUT2D eigenvalue weighted by atomic mass is 15.3. The number of aryl methyl sites for hydroxylation is 1. The molecule has 0 spiro atoms. The predicted octanol–water partition coefficient (Wildman–Crippen LogP) is 2.61. The molecule has 1 fully saturated rings. The first-order valence-electron chi connectivity index (χ1n) is 9.89. The van der Waals surface area contributed by atoms with E-state index in [4.69, 9.17) is 4.98 Å². The molecule has 2 atom stereocenters. The van der Waals surface area contributed by atoms with Crippen molar-refractivity contribution < 1.29 is 0 Å². The zero-order valence-electron chi connectivity index (χ0n) is 16.8. The van der Waals surface area contributed by atoms with Gasteiger partial charge in [0.25, 0.3) is 0 Å². The molecule has 5 rings (SSSR count). The average Bonchev–Trinajstić information content (AvgIpc) is 3.35. The molecule has 0 saturated carbocycles. The number of hydrogen-bond acceptors (Lipinski definition) is 6. The maximum atomic E-state index is 4.96. The number of nitrogens with zero attached hydrogens (tertiary/aromatic N) is 6. The molecule has 1 aliphatic rings. The Bertz CT molecular complexity index is 1160.